The van der Waals surface area contributed by atoms with Crippen molar-refractivity contribution in [2.24, 2.45) is 10.7 Å². The van der Waals surface area contributed by atoms with Crippen LogP contribution in [0.25, 0.3) is 11.1 Å². The third-order valence-electron chi connectivity index (χ3n) is 4.48. The standard InChI is InChI=1S/C22H18N2OS/c23-22-24-19(17-9-5-2-6-10-17)21(26-22)20(25)18-13-11-16(12-14-18)15-7-3-1-4-8-15/h1-14,19,21H,(H2,23,24)/t19-,21+/m1/s1. The highest BCUT2D eigenvalue weighted by molar-refractivity contribution is 8.15. The Morgan fingerprint density at radius 1 is 0.808 bits per heavy atom. The topological polar surface area (TPSA) is 55.4 Å². The van der Waals surface area contributed by atoms with Crippen LogP contribution in [0.15, 0.2) is 89.9 Å². The van der Waals surface area contributed by atoms with Crippen molar-refractivity contribution in [3.8, 4) is 11.1 Å². The van der Waals surface area contributed by atoms with Gasteiger partial charge in [0.25, 0.3) is 0 Å². The van der Waals surface area contributed by atoms with Crippen molar-refractivity contribution >= 4 is 22.7 Å². The molecule has 26 heavy (non-hydrogen) atoms. The second kappa shape index (κ2) is 7.18. The second-order valence-electron chi connectivity index (χ2n) is 6.17. The van der Waals surface area contributed by atoms with Gasteiger partial charge in [-0.25, -0.2) is 0 Å². The van der Waals surface area contributed by atoms with Gasteiger partial charge in [0.1, 0.15) is 5.25 Å². The van der Waals surface area contributed by atoms with Crippen molar-refractivity contribution in [2.45, 2.75) is 11.3 Å². The summed E-state index contributed by atoms with van der Waals surface area (Å²) in [6, 6.07) is 27.5. The number of amidine groups is 1. The molecule has 2 N–H and O–H groups in total. The van der Waals surface area contributed by atoms with Crippen LogP contribution in [0.5, 0.6) is 0 Å². The number of Topliss-reactive ketones (excluding diaryl/α,β-unsaturated/α-hetero) is 1. The molecule has 0 amide bonds. The van der Waals surface area contributed by atoms with Crippen LogP contribution >= 0.6 is 11.8 Å². The maximum absolute atomic E-state index is 13.1. The minimum atomic E-state index is -0.319. The van der Waals surface area contributed by atoms with E-state index in [-0.39, 0.29) is 17.1 Å². The number of hydrogen-bond donors (Lipinski definition) is 1. The summed E-state index contributed by atoms with van der Waals surface area (Å²) < 4.78 is 0. The van der Waals surface area contributed by atoms with Crippen LogP contribution in [0.2, 0.25) is 0 Å². The van der Waals surface area contributed by atoms with E-state index >= 15 is 0 Å². The van der Waals surface area contributed by atoms with Crippen molar-refractivity contribution in [3.63, 3.8) is 0 Å². The summed E-state index contributed by atoms with van der Waals surface area (Å²) in [7, 11) is 0. The Hall–Kier alpha value is -2.85. The van der Waals surface area contributed by atoms with Gasteiger partial charge in [-0.05, 0) is 16.7 Å². The molecule has 3 aromatic rings. The van der Waals surface area contributed by atoms with E-state index in [1.165, 1.54) is 11.8 Å². The fraction of sp³-hybridized carbons (Fsp3) is 0.0909. The van der Waals surface area contributed by atoms with Gasteiger partial charge in [-0.15, -0.1) is 0 Å². The molecular weight excluding hydrogens is 340 g/mol. The molecule has 0 bridgehead atoms. The number of hydrogen-bond acceptors (Lipinski definition) is 4. The zero-order chi connectivity index (χ0) is 17.9. The molecule has 0 unspecified atom stereocenters. The number of aliphatic imine (C=N–C) groups is 1. The number of carbonyl (C=O) groups is 1. The van der Waals surface area contributed by atoms with Gasteiger partial charge >= 0.3 is 0 Å². The Morgan fingerprint density at radius 3 is 2.04 bits per heavy atom. The van der Waals surface area contributed by atoms with Crippen molar-refractivity contribution in [3.05, 3.63) is 96.1 Å². The van der Waals surface area contributed by atoms with E-state index in [9.17, 15) is 4.79 Å². The van der Waals surface area contributed by atoms with E-state index in [0.29, 0.717) is 10.7 Å². The smallest absolute Gasteiger partial charge is 0.178 e. The van der Waals surface area contributed by atoms with Gasteiger partial charge in [-0.1, -0.05) is 96.7 Å². The summed E-state index contributed by atoms with van der Waals surface area (Å²) in [5.74, 6) is 0.0627. The number of ketones is 1. The minimum Gasteiger partial charge on any atom is -0.378 e. The lowest BCUT2D eigenvalue weighted by molar-refractivity contribution is 0.0983. The van der Waals surface area contributed by atoms with Gasteiger partial charge in [0, 0.05) is 5.56 Å². The first-order valence-electron chi connectivity index (χ1n) is 8.47. The van der Waals surface area contributed by atoms with E-state index in [1.807, 2.05) is 72.8 Å². The first kappa shape index (κ1) is 16.6. The molecule has 4 rings (SSSR count). The highest BCUT2D eigenvalue weighted by Crippen LogP contribution is 2.38. The predicted octanol–water partition coefficient (Wildman–Crippen LogP) is 4.71. The molecule has 1 aliphatic rings. The third kappa shape index (κ3) is 3.28. The molecule has 3 aromatic carbocycles. The van der Waals surface area contributed by atoms with Crippen molar-refractivity contribution < 1.29 is 4.79 Å². The molecule has 0 saturated heterocycles. The lowest BCUT2D eigenvalue weighted by Crippen LogP contribution is -2.22. The van der Waals surface area contributed by atoms with Gasteiger partial charge in [0.2, 0.25) is 0 Å². The fourth-order valence-corrected chi connectivity index (χ4v) is 4.17. The van der Waals surface area contributed by atoms with Crippen LogP contribution in [0, 0.1) is 0 Å². The van der Waals surface area contributed by atoms with Gasteiger partial charge < -0.3 is 5.73 Å². The zero-order valence-electron chi connectivity index (χ0n) is 14.1. The number of benzene rings is 3. The molecule has 4 heteroatoms. The van der Waals surface area contributed by atoms with Crippen LogP contribution in [0.3, 0.4) is 0 Å². The SMILES string of the molecule is NC1=N[C@H](c2ccccc2)[C@@H](C(=O)c2ccc(-c3ccccc3)cc2)S1. The van der Waals surface area contributed by atoms with Crippen LogP contribution in [0.1, 0.15) is 22.0 Å². The van der Waals surface area contributed by atoms with Gasteiger partial charge in [-0.2, -0.15) is 0 Å². The molecule has 0 fully saturated rings. The summed E-state index contributed by atoms with van der Waals surface area (Å²) in [6.07, 6.45) is 0. The molecule has 1 heterocycles. The van der Waals surface area contributed by atoms with Crippen molar-refractivity contribution in [1.29, 1.82) is 0 Å². The molecule has 0 aliphatic carbocycles. The maximum atomic E-state index is 13.1. The van der Waals surface area contributed by atoms with E-state index in [2.05, 4.69) is 17.1 Å². The van der Waals surface area contributed by atoms with E-state index in [1.54, 1.807) is 0 Å². The highest BCUT2D eigenvalue weighted by atomic mass is 32.2. The summed E-state index contributed by atoms with van der Waals surface area (Å²) in [6.45, 7) is 0. The van der Waals surface area contributed by atoms with E-state index in [4.69, 9.17) is 5.73 Å². The lowest BCUT2D eigenvalue weighted by Gasteiger charge is -2.16. The summed E-state index contributed by atoms with van der Waals surface area (Å²) in [5, 5.41) is 0.151. The minimum absolute atomic E-state index is 0.0627. The van der Waals surface area contributed by atoms with Gasteiger partial charge in [0.05, 0.1) is 6.04 Å². The normalized spacial score (nSPS) is 19.2. The van der Waals surface area contributed by atoms with E-state index in [0.717, 1.165) is 16.7 Å². The van der Waals surface area contributed by atoms with Crippen molar-refractivity contribution in [1.82, 2.24) is 0 Å². The average Bonchev–Trinajstić information content (AvgIpc) is 3.11. The number of nitrogens with two attached hydrogens (primary N) is 1. The second-order valence-corrected chi connectivity index (χ2v) is 7.33. The number of thioether (sulfide) groups is 1. The Morgan fingerprint density at radius 2 is 1.38 bits per heavy atom. The molecule has 128 valence electrons. The van der Waals surface area contributed by atoms with Gasteiger partial charge in [0.15, 0.2) is 11.0 Å². The third-order valence-corrected chi connectivity index (χ3v) is 5.55. The monoisotopic (exact) mass is 358 g/mol. The Kier molecular flexibility index (Phi) is 4.59. The van der Waals surface area contributed by atoms with Crippen LogP contribution in [-0.4, -0.2) is 16.2 Å². The molecule has 1 aliphatic heterocycles. The van der Waals surface area contributed by atoms with Crippen molar-refractivity contribution in [2.75, 3.05) is 0 Å². The van der Waals surface area contributed by atoms with Crippen LogP contribution in [-0.2, 0) is 0 Å². The zero-order valence-corrected chi connectivity index (χ0v) is 14.9. The number of rotatable bonds is 4. The fourth-order valence-electron chi connectivity index (χ4n) is 3.15. The molecular formula is C22H18N2OS. The quantitative estimate of drug-likeness (QED) is 0.687. The maximum Gasteiger partial charge on any atom is 0.178 e. The predicted molar refractivity (Wildman–Crippen MR) is 108 cm³/mol. The lowest BCUT2D eigenvalue weighted by atomic mass is 9.96. The van der Waals surface area contributed by atoms with Gasteiger partial charge in [-0.3, -0.25) is 9.79 Å². The first-order valence-corrected chi connectivity index (χ1v) is 9.35. The molecule has 0 radical (unpaired) electrons. The average molecular weight is 358 g/mol. The number of carbonyl (C=O) groups excluding carboxylic acids is 1. The molecule has 0 spiro atoms. The largest absolute Gasteiger partial charge is 0.378 e. The van der Waals surface area contributed by atoms with E-state index < -0.39 is 0 Å². The molecule has 0 aromatic heterocycles. The van der Waals surface area contributed by atoms with Crippen LogP contribution < -0.4 is 5.73 Å². The Balaban J connectivity index is 1.59. The highest BCUT2D eigenvalue weighted by Gasteiger charge is 2.36. The molecule has 2 atom stereocenters. The Bertz CT molecular complexity index is 937. The molecule has 3 nitrogen and oxygen atoms in total. The summed E-state index contributed by atoms with van der Waals surface area (Å²) in [5.41, 5.74) is 9.86. The number of nitrogens with zero attached hydrogens (tertiary/aromatic N) is 1. The Labute approximate surface area is 157 Å². The summed E-state index contributed by atoms with van der Waals surface area (Å²) in [4.78, 5) is 17.6. The summed E-state index contributed by atoms with van der Waals surface area (Å²) >= 11 is 1.35. The van der Waals surface area contributed by atoms with Crippen LogP contribution in [0.4, 0.5) is 0 Å². The first-order chi connectivity index (χ1) is 12.7. The molecule has 0 saturated carbocycles.